The lowest BCUT2D eigenvalue weighted by Crippen LogP contribution is -2.48. The van der Waals surface area contributed by atoms with Crippen molar-refractivity contribution in [3.63, 3.8) is 0 Å². The zero-order valence-corrected chi connectivity index (χ0v) is 14.3. The van der Waals surface area contributed by atoms with Crippen LogP contribution in [0.3, 0.4) is 0 Å². The zero-order chi connectivity index (χ0) is 18.3. The van der Waals surface area contributed by atoms with Gasteiger partial charge in [0.2, 0.25) is 5.91 Å². The highest BCUT2D eigenvalue weighted by Crippen LogP contribution is 2.33. The van der Waals surface area contributed by atoms with E-state index in [-0.39, 0.29) is 25.4 Å². The van der Waals surface area contributed by atoms with Crippen molar-refractivity contribution in [3.8, 4) is 0 Å². The Labute approximate surface area is 147 Å². The minimum absolute atomic E-state index is 0.109. The van der Waals surface area contributed by atoms with Crippen molar-refractivity contribution in [2.24, 2.45) is 5.92 Å². The first-order chi connectivity index (χ1) is 11.9. The molecule has 138 valence electrons. The monoisotopic (exact) mass is 354 g/mol. The van der Waals surface area contributed by atoms with E-state index in [0.29, 0.717) is 26.1 Å². The van der Waals surface area contributed by atoms with Gasteiger partial charge in [0.15, 0.2) is 0 Å². The van der Waals surface area contributed by atoms with E-state index < -0.39 is 12.1 Å². The van der Waals surface area contributed by atoms with Gasteiger partial charge in [-0.15, -0.1) is 6.58 Å². The number of amides is 1. The maximum Gasteiger partial charge on any atom is 0.393 e. The highest BCUT2D eigenvalue weighted by atomic mass is 19.4. The topological polar surface area (TPSA) is 23.6 Å². The molecule has 25 heavy (non-hydrogen) atoms. The second-order valence-electron chi connectivity index (χ2n) is 6.48. The van der Waals surface area contributed by atoms with Crippen molar-refractivity contribution in [1.29, 1.82) is 0 Å². The smallest absolute Gasteiger partial charge is 0.341 e. The van der Waals surface area contributed by atoms with E-state index in [4.69, 9.17) is 0 Å². The van der Waals surface area contributed by atoms with Gasteiger partial charge in [-0.1, -0.05) is 36.4 Å². The van der Waals surface area contributed by atoms with E-state index >= 15 is 0 Å². The van der Waals surface area contributed by atoms with Crippen LogP contribution in [0.15, 0.2) is 43.0 Å². The quantitative estimate of drug-likeness (QED) is 0.700. The lowest BCUT2D eigenvalue weighted by atomic mass is 9.97. The van der Waals surface area contributed by atoms with Crippen LogP contribution in [-0.2, 0) is 11.2 Å². The minimum Gasteiger partial charge on any atom is -0.341 e. The number of halogens is 3. The van der Waals surface area contributed by atoms with E-state index in [1.165, 1.54) is 10.5 Å². The molecule has 0 aromatic heterocycles. The minimum atomic E-state index is -4.23. The lowest BCUT2D eigenvalue weighted by molar-refractivity contribution is -0.188. The summed E-state index contributed by atoms with van der Waals surface area (Å²) in [7, 11) is 0. The number of carbonyl (C=O) groups is 1. The van der Waals surface area contributed by atoms with Gasteiger partial charge in [0.05, 0.1) is 12.5 Å². The Morgan fingerprint density at radius 1 is 1.32 bits per heavy atom. The van der Waals surface area contributed by atoms with Gasteiger partial charge in [-0.3, -0.25) is 9.69 Å². The molecule has 1 atom stereocenters. The Hall–Kier alpha value is -1.82. The van der Waals surface area contributed by atoms with Gasteiger partial charge < -0.3 is 4.90 Å². The third-order valence-corrected chi connectivity index (χ3v) is 4.54. The summed E-state index contributed by atoms with van der Waals surface area (Å²) in [6.45, 7) is 5.22. The van der Waals surface area contributed by atoms with Crippen LogP contribution in [-0.4, -0.2) is 54.6 Å². The largest absolute Gasteiger partial charge is 0.393 e. The molecule has 1 aliphatic heterocycles. The molecule has 1 aromatic rings. The Morgan fingerprint density at radius 3 is 2.68 bits per heavy atom. The van der Waals surface area contributed by atoms with E-state index in [1.807, 2.05) is 35.2 Å². The molecule has 1 unspecified atom stereocenters. The van der Waals surface area contributed by atoms with Gasteiger partial charge >= 0.3 is 6.18 Å². The normalized spacial score (nSPS) is 18.4. The molecule has 2 rings (SSSR count). The van der Waals surface area contributed by atoms with Crippen molar-refractivity contribution in [1.82, 2.24) is 9.80 Å². The molecule has 3 nitrogen and oxygen atoms in total. The summed E-state index contributed by atoms with van der Waals surface area (Å²) in [5.74, 6) is -1.63. The first-order valence-corrected chi connectivity index (χ1v) is 8.62. The standard InChI is InChI=1S/C19H25F3N2O/c1-2-11-23(13-10-16-7-4-3-5-8-16)15-18(25)24-12-6-9-17(14-24)19(20,21)22/h2-5,7-8,17H,1,6,9-15H2. The van der Waals surface area contributed by atoms with Crippen LogP contribution < -0.4 is 0 Å². The summed E-state index contributed by atoms with van der Waals surface area (Å²) in [6, 6.07) is 9.91. The molecule has 0 aliphatic carbocycles. The van der Waals surface area contributed by atoms with Gasteiger partial charge in [-0.05, 0) is 24.8 Å². The summed E-state index contributed by atoms with van der Waals surface area (Å²) in [5, 5.41) is 0. The first kappa shape index (κ1) is 19.5. The third-order valence-electron chi connectivity index (χ3n) is 4.54. The lowest BCUT2D eigenvalue weighted by Gasteiger charge is -2.35. The molecule has 0 N–H and O–H groups in total. The molecule has 1 heterocycles. The van der Waals surface area contributed by atoms with E-state index in [2.05, 4.69) is 6.58 Å². The third kappa shape index (κ3) is 6.20. The maximum atomic E-state index is 12.9. The summed E-state index contributed by atoms with van der Waals surface area (Å²) in [6.07, 6.45) is -1.22. The Bertz CT molecular complexity index is 560. The summed E-state index contributed by atoms with van der Waals surface area (Å²) in [4.78, 5) is 15.7. The van der Waals surface area contributed by atoms with Gasteiger partial charge in [-0.25, -0.2) is 0 Å². The number of carbonyl (C=O) groups excluding carboxylic acids is 1. The molecule has 0 bridgehead atoms. The van der Waals surface area contributed by atoms with E-state index in [0.717, 1.165) is 6.42 Å². The average molecular weight is 354 g/mol. The molecule has 6 heteroatoms. The molecule has 0 radical (unpaired) electrons. The van der Waals surface area contributed by atoms with Crippen LogP contribution in [0.2, 0.25) is 0 Å². The Kier molecular flexibility index (Phi) is 7.05. The average Bonchev–Trinajstić information content (AvgIpc) is 2.60. The molecule has 1 fully saturated rings. The fourth-order valence-electron chi connectivity index (χ4n) is 3.11. The van der Waals surface area contributed by atoms with Crippen molar-refractivity contribution in [2.45, 2.75) is 25.4 Å². The van der Waals surface area contributed by atoms with E-state index in [9.17, 15) is 18.0 Å². The number of alkyl halides is 3. The zero-order valence-electron chi connectivity index (χ0n) is 14.3. The van der Waals surface area contributed by atoms with Crippen LogP contribution >= 0.6 is 0 Å². The molecule has 1 saturated heterocycles. The summed E-state index contributed by atoms with van der Waals surface area (Å²) in [5.41, 5.74) is 1.17. The molecule has 0 saturated carbocycles. The van der Waals surface area contributed by atoms with Crippen LogP contribution in [0.1, 0.15) is 18.4 Å². The number of hydrogen-bond donors (Lipinski definition) is 0. The molecule has 1 aliphatic rings. The van der Waals surface area contributed by atoms with Crippen molar-refractivity contribution in [3.05, 3.63) is 48.6 Å². The van der Waals surface area contributed by atoms with Crippen molar-refractivity contribution >= 4 is 5.91 Å². The second-order valence-corrected chi connectivity index (χ2v) is 6.48. The Balaban J connectivity index is 1.89. The first-order valence-electron chi connectivity index (χ1n) is 8.62. The summed E-state index contributed by atoms with van der Waals surface area (Å²) < 4.78 is 38.7. The molecular weight excluding hydrogens is 329 g/mol. The van der Waals surface area contributed by atoms with Gasteiger partial charge in [0.25, 0.3) is 0 Å². The number of rotatable bonds is 7. The van der Waals surface area contributed by atoms with Crippen molar-refractivity contribution in [2.75, 3.05) is 32.7 Å². The predicted octanol–water partition coefficient (Wildman–Crippen LogP) is 3.52. The SMILES string of the molecule is C=CCN(CCc1ccccc1)CC(=O)N1CCCC(C(F)(F)F)C1. The highest BCUT2D eigenvalue weighted by Gasteiger charge is 2.42. The fraction of sp³-hybridized carbons (Fsp3) is 0.526. The number of benzene rings is 1. The van der Waals surface area contributed by atoms with Gasteiger partial charge in [0.1, 0.15) is 0 Å². The van der Waals surface area contributed by atoms with E-state index in [1.54, 1.807) is 6.08 Å². The molecule has 1 aromatic carbocycles. The molecule has 1 amide bonds. The van der Waals surface area contributed by atoms with Gasteiger partial charge in [0, 0.05) is 26.2 Å². The van der Waals surface area contributed by atoms with Crippen LogP contribution in [0.5, 0.6) is 0 Å². The van der Waals surface area contributed by atoms with Crippen LogP contribution in [0, 0.1) is 5.92 Å². The van der Waals surface area contributed by atoms with Gasteiger partial charge in [-0.2, -0.15) is 13.2 Å². The highest BCUT2D eigenvalue weighted by molar-refractivity contribution is 5.78. The number of nitrogens with zero attached hydrogens (tertiary/aromatic N) is 2. The fourth-order valence-corrected chi connectivity index (χ4v) is 3.11. The maximum absolute atomic E-state index is 12.9. The van der Waals surface area contributed by atoms with Crippen LogP contribution in [0.25, 0.3) is 0 Å². The number of piperidine rings is 1. The number of hydrogen-bond acceptors (Lipinski definition) is 2. The molecular formula is C19H25F3N2O. The van der Waals surface area contributed by atoms with Crippen molar-refractivity contribution < 1.29 is 18.0 Å². The predicted molar refractivity (Wildman–Crippen MR) is 92.1 cm³/mol. The van der Waals surface area contributed by atoms with Crippen LogP contribution in [0.4, 0.5) is 13.2 Å². The number of likely N-dealkylation sites (tertiary alicyclic amines) is 1. The molecule has 0 spiro atoms. The summed E-state index contributed by atoms with van der Waals surface area (Å²) >= 11 is 0. The Morgan fingerprint density at radius 2 is 2.04 bits per heavy atom. The second kappa shape index (κ2) is 9.04.